The SMILES string of the molecule is COc1ncccc1CN1CC[C@@H]2C[C@@H](C(=O)NC(C)C)O[C@H]2C1. The van der Waals surface area contributed by atoms with Crippen LogP contribution in [-0.2, 0) is 16.1 Å². The lowest BCUT2D eigenvalue weighted by atomic mass is 9.91. The standard InChI is InChI=1S/C18H27N3O3/c1-12(2)20-17(22)15-9-13-6-8-21(11-16(13)24-15)10-14-5-4-7-19-18(14)23-3/h4-5,7,12-13,15-16H,6,8-11H2,1-3H3,(H,20,22)/t13-,15+,16+/m1/s1. The van der Waals surface area contributed by atoms with Crippen molar-refractivity contribution < 1.29 is 14.3 Å². The number of likely N-dealkylation sites (tertiary alicyclic amines) is 1. The van der Waals surface area contributed by atoms with Crippen molar-refractivity contribution in [2.45, 2.75) is 51.5 Å². The lowest BCUT2D eigenvalue weighted by Crippen LogP contribution is -2.42. The van der Waals surface area contributed by atoms with Gasteiger partial charge >= 0.3 is 0 Å². The van der Waals surface area contributed by atoms with Crippen molar-refractivity contribution in [3.05, 3.63) is 23.9 Å². The summed E-state index contributed by atoms with van der Waals surface area (Å²) in [5.74, 6) is 1.20. The Hall–Kier alpha value is -1.66. The van der Waals surface area contributed by atoms with Gasteiger partial charge in [-0.1, -0.05) is 6.07 Å². The van der Waals surface area contributed by atoms with Gasteiger partial charge in [-0.25, -0.2) is 4.98 Å². The van der Waals surface area contributed by atoms with E-state index in [1.807, 2.05) is 26.0 Å². The summed E-state index contributed by atoms with van der Waals surface area (Å²) in [5.41, 5.74) is 1.09. The van der Waals surface area contributed by atoms with Gasteiger partial charge in [0, 0.05) is 30.9 Å². The molecule has 6 nitrogen and oxygen atoms in total. The molecule has 0 radical (unpaired) electrons. The average Bonchev–Trinajstić information content (AvgIpc) is 2.98. The van der Waals surface area contributed by atoms with Crippen LogP contribution in [-0.4, -0.2) is 54.2 Å². The lowest BCUT2D eigenvalue weighted by Gasteiger charge is -2.34. The van der Waals surface area contributed by atoms with Gasteiger partial charge in [0.2, 0.25) is 11.8 Å². The van der Waals surface area contributed by atoms with Crippen molar-refractivity contribution in [2.75, 3.05) is 20.2 Å². The highest BCUT2D eigenvalue weighted by atomic mass is 16.5. The second kappa shape index (κ2) is 7.49. The number of nitrogens with one attached hydrogen (secondary N) is 1. The zero-order chi connectivity index (χ0) is 17.1. The van der Waals surface area contributed by atoms with Crippen LogP contribution in [0.4, 0.5) is 0 Å². The maximum Gasteiger partial charge on any atom is 0.249 e. The molecule has 0 saturated carbocycles. The highest BCUT2D eigenvalue weighted by Crippen LogP contribution is 2.34. The molecule has 1 N–H and O–H groups in total. The molecule has 24 heavy (non-hydrogen) atoms. The van der Waals surface area contributed by atoms with E-state index in [-0.39, 0.29) is 24.2 Å². The predicted octanol–water partition coefficient (Wildman–Crippen LogP) is 1.59. The predicted molar refractivity (Wildman–Crippen MR) is 90.7 cm³/mol. The van der Waals surface area contributed by atoms with Crippen molar-refractivity contribution in [1.82, 2.24) is 15.2 Å². The minimum atomic E-state index is -0.296. The summed E-state index contributed by atoms with van der Waals surface area (Å²) in [6, 6.07) is 4.13. The Kier molecular flexibility index (Phi) is 5.36. The molecule has 0 aromatic carbocycles. The van der Waals surface area contributed by atoms with Crippen LogP contribution in [0.3, 0.4) is 0 Å². The number of nitrogens with zero attached hydrogens (tertiary/aromatic N) is 2. The normalized spacial score (nSPS) is 27.1. The fourth-order valence-corrected chi connectivity index (χ4v) is 3.65. The Bertz CT molecular complexity index is 578. The quantitative estimate of drug-likeness (QED) is 0.887. The molecule has 1 aromatic rings. The highest BCUT2D eigenvalue weighted by Gasteiger charge is 2.41. The Morgan fingerprint density at radius 3 is 3.12 bits per heavy atom. The third-order valence-corrected chi connectivity index (χ3v) is 4.80. The van der Waals surface area contributed by atoms with E-state index in [2.05, 4.69) is 15.2 Å². The van der Waals surface area contributed by atoms with Crippen LogP contribution >= 0.6 is 0 Å². The molecule has 0 bridgehead atoms. The lowest BCUT2D eigenvalue weighted by molar-refractivity contribution is -0.133. The molecular weight excluding hydrogens is 306 g/mol. The second-order valence-corrected chi connectivity index (χ2v) is 7.02. The number of methoxy groups -OCH3 is 1. The Morgan fingerprint density at radius 2 is 2.38 bits per heavy atom. The molecule has 1 amide bonds. The van der Waals surface area contributed by atoms with Crippen molar-refractivity contribution in [3.63, 3.8) is 0 Å². The molecule has 2 saturated heterocycles. The Morgan fingerprint density at radius 1 is 1.54 bits per heavy atom. The molecule has 2 aliphatic rings. The molecule has 3 heterocycles. The van der Waals surface area contributed by atoms with Gasteiger partial charge in [-0.2, -0.15) is 0 Å². The van der Waals surface area contributed by atoms with E-state index in [0.29, 0.717) is 11.8 Å². The summed E-state index contributed by atoms with van der Waals surface area (Å²) in [4.78, 5) is 18.8. The van der Waals surface area contributed by atoms with Crippen LogP contribution in [0.25, 0.3) is 0 Å². The summed E-state index contributed by atoms with van der Waals surface area (Å²) < 4.78 is 11.4. The molecular formula is C18H27N3O3. The molecule has 3 atom stereocenters. The molecule has 6 heteroatoms. The van der Waals surface area contributed by atoms with Gasteiger partial charge in [0.15, 0.2) is 0 Å². The van der Waals surface area contributed by atoms with Crippen LogP contribution in [0.5, 0.6) is 5.88 Å². The fourth-order valence-electron chi connectivity index (χ4n) is 3.65. The smallest absolute Gasteiger partial charge is 0.249 e. The van der Waals surface area contributed by atoms with Crippen molar-refractivity contribution in [3.8, 4) is 5.88 Å². The van der Waals surface area contributed by atoms with Gasteiger partial charge < -0.3 is 14.8 Å². The number of carbonyl (C=O) groups is 1. The van der Waals surface area contributed by atoms with E-state index in [4.69, 9.17) is 9.47 Å². The molecule has 2 fully saturated rings. The molecule has 0 aliphatic carbocycles. The van der Waals surface area contributed by atoms with Crippen LogP contribution in [0.15, 0.2) is 18.3 Å². The largest absolute Gasteiger partial charge is 0.481 e. The monoisotopic (exact) mass is 333 g/mol. The molecule has 1 aromatic heterocycles. The maximum absolute atomic E-state index is 12.2. The maximum atomic E-state index is 12.2. The summed E-state index contributed by atoms with van der Waals surface area (Å²) in [6.07, 6.45) is 3.50. The first-order valence-electron chi connectivity index (χ1n) is 8.73. The molecule has 3 rings (SSSR count). The number of hydrogen-bond donors (Lipinski definition) is 1. The third-order valence-electron chi connectivity index (χ3n) is 4.80. The van der Waals surface area contributed by atoms with Gasteiger partial charge in [-0.05, 0) is 45.2 Å². The van der Waals surface area contributed by atoms with E-state index in [1.165, 1.54) is 0 Å². The van der Waals surface area contributed by atoms with Gasteiger partial charge in [0.05, 0.1) is 13.2 Å². The first kappa shape index (κ1) is 17.2. The number of rotatable bonds is 5. The third kappa shape index (κ3) is 3.87. The van der Waals surface area contributed by atoms with Crippen molar-refractivity contribution >= 4 is 5.91 Å². The fraction of sp³-hybridized carbons (Fsp3) is 0.667. The van der Waals surface area contributed by atoms with E-state index in [0.717, 1.165) is 38.0 Å². The van der Waals surface area contributed by atoms with Crippen LogP contribution in [0, 0.1) is 5.92 Å². The van der Waals surface area contributed by atoms with Gasteiger partial charge in [0.25, 0.3) is 0 Å². The molecule has 2 aliphatic heterocycles. The van der Waals surface area contributed by atoms with Crippen LogP contribution in [0.1, 0.15) is 32.3 Å². The summed E-state index contributed by atoms with van der Waals surface area (Å²) in [5, 5.41) is 2.96. The van der Waals surface area contributed by atoms with Crippen molar-refractivity contribution in [2.24, 2.45) is 5.92 Å². The van der Waals surface area contributed by atoms with Gasteiger partial charge in [0.1, 0.15) is 6.10 Å². The number of carbonyl (C=O) groups excluding carboxylic acids is 1. The summed E-state index contributed by atoms with van der Waals surface area (Å²) in [6.45, 7) is 6.62. The minimum Gasteiger partial charge on any atom is -0.481 e. The number of aromatic nitrogens is 1. The molecule has 0 spiro atoms. The van der Waals surface area contributed by atoms with Crippen LogP contribution in [0.2, 0.25) is 0 Å². The van der Waals surface area contributed by atoms with Gasteiger partial charge in [-0.3, -0.25) is 9.69 Å². The van der Waals surface area contributed by atoms with E-state index in [1.54, 1.807) is 13.3 Å². The van der Waals surface area contributed by atoms with E-state index in [9.17, 15) is 4.79 Å². The van der Waals surface area contributed by atoms with Gasteiger partial charge in [-0.15, -0.1) is 0 Å². The first-order chi connectivity index (χ1) is 11.6. The Balaban J connectivity index is 1.58. The zero-order valence-corrected chi connectivity index (χ0v) is 14.7. The van der Waals surface area contributed by atoms with E-state index >= 15 is 0 Å². The number of ether oxygens (including phenoxy) is 2. The second-order valence-electron chi connectivity index (χ2n) is 7.02. The first-order valence-corrected chi connectivity index (χ1v) is 8.73. The molecule has 132 valence electrons. The van der Waals surface area contributed by atoms with Crippen LogP contribution < -0.4 is 10.1 Å². The minimum absolute atomic E-state index is 0.0277. The Labute approximate surface area is 143 Å². The number of amides is 1. The average molecular weight is 333 g/mol. The summed E-state index contributed by atoms with van der Waals surface area (Å²) >= 11 is 0. The summed E-state index contributed by atoms with van der Waals surface area (Å²) in [7, 11) is 1.65. The number of hydrogen-bond acceptors (Lipinski definition) is 5. The highest BCUT2D eigenvalue weighted by molar-refractivity contribution is 5.81. The number of piperidine rings is 1. The van der Waals surface area contributed by atoms with Crippen molar-refractivity contribution in [1.29, 1.82) is 0 Å². The zero-order valence-electron chi connectivity index (χ0n) is 14.7. The molecule has 0 unspecified atom stereocenters. The number of pyridine rings is 1. The topological polar surface area (TPSA) is 63.7 Å². The number of fused-ring (bicyclic) bond motifs is 1. The van der Waals surface area contributed by atoms with E-state index < -0.39 is 0 Å².